The van der Waals surface area contributed by atoms with Gasteiger partial charge >= 0.3 is 5.97 Å². The maximum Gasteiger partial charge on any atom is 0.328 e. The second-order valence-corrected chi connectivity index (χ2v) is 3.57. The van der Waals surface area contributed by atoms with E-state index in [4.69, 9.17) is 9.84 Å². The van der Waals surface area contributed by atoms with E-state index in [1.54, 1.807) is 17.8 Å². The zero-order chi connectivity index (χ0) is 8.10. The van der Waals surface area contributed by atoms with E-state index in [-0.39, 0.29) is 0 Å². The Morgan fingerprint density at radius 3 is 2.91 bits per heavy atom. The van der Waals surface area contributed by atoms with Crippen molar-refractivity contribution in [3.05, 3.63) is 12.2 Å². The Kier molecular flexibility index (Phi) is 3.45. The van der Waals surface area contributed by atoms with E-state index in [1.165, 1.54) is 6.08 Å². The first-order chi connectivity index (χ1) is 5.29. The van der Waals surface area contributed by atoms with Gasteiger partial charge in [0.25, 0.3) is 0 Å². The van der Waals surface area contributed by atoms with Gasteiger partial charge < -0.3 is 9.84 Å². The smallest absolute Gasteiger partial charge is 0.328 e. The number of hydrogen-bond acceptors (Lipinski definition) is 3. The van der Waals surface area contributed by atoms with Crippen molar-refractivity contribution >= 4 is 17.7 Å². The molecule has 1 aliphatic rings. The Hall–Kier alpha value is -0.480. The van der Waals surface area contributed by atoms with Crippen molar-refractivity contribution in [1.29, 1.82) is 0 Å². The van der Waals surface area contributed by atoms with Gasteiger partial charge in [0.1, 0.15) is 0 Å². The lowest BCUT2D eigenvalue weighted by Crippen LogP contribution is -2.30. The molecular formula is C7H10O3S. The number of aliphatic carboxylic acids is 1. The van der Waals surface area contributed by atoms with Crippen LogP contribution in [0.5, 0.6) is 0 Å². The van der Waals surface area contributed by atoms with Crippen LogP contribution in [0.1, 0.15) is 0 Å². The van der Waals surface area contributed by atoms with E-state index in [0.29, 0.717) is 5.25 Å². The van der Waals surface area contributed by atoms with Crippen LogP contribution in [0.15, 0.2) is 12.2 Å². The molecule has 0 spiro atoms. The highest BCUT2D eigenvalue weighted by Gasteiger charge is 2.17. The first-order valence-electron chi connectivity index (χ1n) is 3.38. The van der Waals surface area contributed by atoms with Gasteiger partial charge in [0.2, 0.25) is 0 Å². The van der Waals surface area contributed by atoms with Crippen molar-refractivity contribution in [2.75, 3.05) is 19.0 Å². The summed E-state index contributed by atoms with van der Waals surface area (Å²) < 4.78 is 4.95. The largest absolute Gasteiger partial charge is 0.478 e. The lowest BCUT2D eigenvalue weighted by atomic mass is 10.4. The molecule has 62 valence electrons. The van der Waals surface area contributed by atoms with Crippen LogP contribution in [-0.4, -0.2) is 35.3 Å². The number of carboxylic acid groups (broad SMARTS) is 1. The van der Waals surface area contributed by atoms with Gasteiger partial charge in [-0.2, -0.15) is 0 Å². The fourth-order valence-electron chi connectivity index (χ4n) is 0.651. The summed E-state index contributed by atoms with van der Waals surface area (Å²) in [7, 11) is 0. The molecule has 11 heavy (non-hydrogen) atoms. The molecule has 4 heteroatoms. The predicted octanol–water partition coefficient (Wildman–Crippen LogP) is 0.759. The summed E-state index contributed by atoms with van der Waals surface area (Å²) in [5.41, 5.74) is 0. The van der Waals surface area contributed by atoms with Crippen LogP contribution in [0.3, 0.4) is 0 Å². The minimum atomic E-state index is -0.879. The Morgan fingerprint density at radius 1 is 1.73 bits per heavy atom. The summed E-state index contributed by atoms with van der Waals surface area (Å²) in [5, 5.41) is 8.81. The fourth-order valence-corrected chi connectivity index (χ4v) is 1.52. The summed E-state index contributed by atoms with van der Waals surface area (Å²) in [6.45, 7) is 1.62. The number of ether oxygens (including phenoxy) is 1. The lowest BCUT2D eigenvalue weighted by Gasteiger charge is -2.24. The normalized spacial score (nSPS) is 18.5. The Morgan fingerprint density at radius 2 is 2.45 bits per heavy atom. The highest BCUT2D eigenvalue weighted by atomic mass is 32.2. The van der Waals surface area contributed by atoms with E-state index in [0.717, 1.165) is 19.0 Å². The molecule has 0 aliphatic carbocycles. The second kappa shape index (κ2) is 4.41. The molecule has 0 amide bonds. The fraction of sp³-hybridized carbons (Fsp3) is 0.571. The monoisotopic (exact) mass is 174 g/mol. The van der Waals surface area contributed by atoms with E-state index in [9.17, 15) is 4.79 Å². The van der Waals surface area contributed by atoms with Crippen molar-refractivity contribution in [1.82, 2.24) is 0 Å². The number of thioether (sulfide) groups is 1. The number of carboxylic acids is 1. The third kappa shape index (κ3) is 3.43. The highest BCUT2D eigenvalue weighted by Crippen LogP contribution is 2.18. The van der Waals surface area contributed by atoms with Crippen molar-refractivity contribution in [3.8, 4) is 0 Å². The standard InChI is InChI=1S/C7H10O3S/c8-7(9)2-1-3-11-6-4-10-5-6/h1-2,6H,3-5H2,(H,8,9)/b2-1+. The predicted molar refractivity (Wildman–Crippen MR) is 43.8 cm³/mol. The summed E-state index contributed by atoms with van der Waals surface area (Å²) in [6, 6.07) is 0. The molecule has 0 bridgehead atoms. The number of rotatable bonds is 4. The number of carbonyl (C=O) groups is 1. The van der Waals surface area contributed by atoms with E-state index >= 15 is 0 Å². The maximum absolute atomic E-state index is 10.0. The molecule has 1 N–H and O–H groups in total. The molecule has 3 nitrogen and oxygen atoms in total. The summed E-state index contributed by atoms with van der Waals surface area (Å²) >= 11 is 1.73. The summed E-state index contributed by atoms with van der Waals surface area (Å²) in [4.78, 5) is 10.0. The molecule has 0 saturated carbocycles. The second-order valence-electron chi connectivity index (χ2n) is 2.23. The molecular weight excluding hydrogens is 164 g/mol. The molecule has 1 aliphatic heterocycles. The van der Waals surface area contributed by atoms with Crippen LogP contribution in [0, 0.1) is 0 Å². The van der Waals surface area contributed by atoms with Crippen molar-refractivity contribution < 1.29 is 14.6 Å². The van der Waals surface area contributed by atoms with Gasteiger partial charge in [-0.15, -0.1) is 11.8 Å². The first-order valence-corrected chi connectivity index (χ1v) is 4.42. The van der Waals surface area contributed by atoms with Crippen LogP contribution in [0.4, 0.5) is 0 Å². The van der Waals surface area contributed by atoms with Gasteiger partial charge in [0.15, 0.2) is 0 Å². The van der Waals surface area contributed by atoms with E-state index in [2.05, 4.69) is 0 Å². The van der Waals surface area contributed by atoms with Crippen molar-refractivity contribution in [2.45, 2.75) is 5.25 Å². The Labute approximate surface area is 69.4 Å². The van der Waals surface area contributed by atoms with Crippen LogP contribution in [0.2, 0.25) is 0 Å². The van der Waals surface area contributed by atoms with Gasteiger partial charge in [-0.1, -0.05) is 6.08 Å². The van der Waals surface area contributed by atoms with Crippen molar-refractivity contribution in [3.63, 3.8) is 0 Å². The Bertz CT molecular complexity index is 163. The minimum absolute atomic E-state index is 0.577. The molecule has 0 aromatic heterocycles. The topological polar surface area (TPSA) is 46.5 Å². The van der Waals surface area contributed by atoms with E-state index < -0.39 is 5.97 Å². The van der Waals surface area contributed by atoms with Crippen LogP contribution < -0.4 is 0 Å². The lowest BCUT2D eigenvalue weighted by molar-refractivity contribution is -0.131. The number of hydrogen-bond donors (Lipinski definition) is 1. The molecule has 1 saturated heterocycles. The quantitative estimate of drug-likeness (QED) is 0.639. The van der Waals surface area contributed by atoms with Crippen LogP contribution >= 0.6 is 11.8 Å². The van der Waals surface area contributed by atoms with E-state index in [1.807, 2.05) is 0 Å². The first kappa shape index (κ1) is 8.62. The molecule has 0 radical (unpaired) electrons. The van der Waals surface area contributed by atoms with Gasteiger partial charge in [-0.05, 0) is 0 Å². The molecule has 1 rings (SSSR count). The zero-order valence-electron chi connectivity index (χ0n) is 6.03. The van der Waals surface area contributed by atoms with Crippen LogP contribution in [0.25, 0.3) is 0 Å². The third-order valence-electron chi connectivity index (χ3n) is 1.30. The van der Waals surface area contributed by atoms with Gasteiger partial charge in [-0.25, -0.2) is 4.79 Å². The minimum Gasteiger partial charge on any atom is -0.478 e. The summed E-state index contributed by atoms with van der Waals surface area (Å²) in [6.07, 6.45) is 2.83. The molecule has 0 aromatic rings. The zero-order valence-corrected chi connectivity index (χ0v) is 6.84. The molecule has 1 heterocycles. The Balaban J connectivity index is 1.98. The highest BCUT2D eigenvalue weighted by molar-refractivity contribution is 8.00. The van der Waals surface area contributed by atoms with Gasteiger partial charge in [0.05, 0.1) is 18.5 Å². The molecule has 0 aromatic carbocycles. The summed E-state index contributed by atoms with van der Waals surface area (Å²) in [5.74, 6) is -0.115. The van der Waals surface area contributed by atoms with Gasteiger partial charge in [0, 0.05) is 11.8 Å². The average Bonchev–Trinajstić information content (AvgIpc) is 1.82. The van der Waals surface area contributed by atoms with Crippen molar-refractivity contribution in [2.24, 2.45) is 0 Å². The SMILES string of the molecule is O=C(O)/C=C/CSC1COC1. The molecule has 0 unspecified atom stereocenters. The molecule has 1 fully saturated rings. The van der Waals surface area contributed by atoms with Gasteiger partial charge in [-0.3, -0.25) is 0 Å². The molecule has 0 atom stereocenters. The third-order valence-corrected chi connectivity index (χ3v) is 2.42. The maximum atomic E-state index is 10.0. The average molecular weight is 174 g/mol. The van der Waals surface area contributed by atoms with Crippen LogP contribution in [-0.2, 0) is 9.53 Å².